The van der Waals surface area contributed by atoms with E-state index in [1.54, 1.807) is 0 Å². The van der Waals surface area contributed by atoms with Crippen molar-refractivity contribution in [1.82, 2.24) is 20.4 Å². The number of hydrogen-bond donors (Lipinski definition) is 3. The zero-order valence-electron chi connectivity index (χ0n) is 9.41. The summed E-state index contributed by atoms with van der Waals surface area (Å²) in [5.41, 5.74) is 5.66. The zero-order valence-corrected chi connectivity index (χ0v) is 9.41. The van der Waals surface area contributed by atoms with Crippen molar-refractivity contribution in [3.05, 3.63) is 0 Å². The lowest BCUT2D eigenvalue weighted by Gasteiger charge is -2.44. The van der Waals surface area contributed by atoms with E-state index in [1.807, 2.05) is 0 Å². The second kappa shape index (κ2) is 5.77. The van der Waals surface area contributed by atoms with Crippen molar-refractivity contribution in [1.29, 1.82) is 0 Å². The molecule has 0 saturated carbocycles. The molecular weight excluding hydrogens is 190 g/mol. The predicted molar refractivity (Wildman–Crippen MR) is 61.7 cm³/mol. The lowest BCUT2D eigenvalue weighted by Crippen LogP contribution is -2.62. The van der Waals surface area contributed by atoms with E-state index in [-0.39, 0.29) is 0 Å². The Morgan fingerprint density at radius 1 is 1.07 bits per heavy atom. The van der Waals surface area contributed by atoms with Gasteiger partial charge in [-0.3, -0.25) is 9.80 Å². The number of rotatable bonds is 3. The van der Waals surface area contributed by atoms with Gasteiger partial charge in [0.15, 0.2) is 0 Å². The fourth-order valence-corrected chi connectivity index (χ4v) is 2.50. The summed E-state index contributed by atoms with van der Waals surface area (Å²) in [6.07, 6.45) is 0.560. The molecule has 2 rings (SSSR count). The first-order valence-electron chi connectivity index (χ1n) is 6.01. The minimum Gasteiger partial charge on any atom is -0.329 e. The van der Waals surface area contributed by atoms with E-state index < -0.39 is 0 Å². The van der Waals surface area contributed by atoms with Gasteiger partial charge < -0.3 is 16.4 Å². The van der Waals surface area contributed by atoms with Crippen LogP contribution in [0.1, 0.15) is 0 Å². The SMILES string of the molecule is NCCN1CCNCC1N1CCNCC1. The summed E-state index contributed by atoms with van der Waals surface area (Å²) in [6, 6.07) is 0. The molecule has 2 saturated heterocycles. The summed E-state index contributed by atoms with van der Waals surface area (Å²) < 4.78 is 0. The van der Waals surface area contributed by atoms with Gasteiger partial charge in [-0.1, -0.05) is 0 Å². The molecule has 0 aromatic heterocycles. The molecule has 2 aliphatic heterocycles. The van der Waals surface area contributed by atoms with E-state index in [4.69, 9.17) is 5.73 Å². The topological polar surface area (TPSA) is 56.6 Å². The molecule has 2 heterocycles. The summed E-state index contributed by atoms with van der Waals surface area (Å²) in [4.78, 5) is 5.08. The third-order valence-corrected chi connectivity index (χ3v) is 3.31. The Morgan fingerprint density at radius 3 is 2.53 bits per heavy atom. The van der Waals surface area contributed by atoms with Gasteiger partial charge in [0.05, 0.1) is 6.17 Å². The molecule has 0 amide bonds. The third kappa shape index (κ3) is 2.89. The van der Waals surface area contributed by atoms with Crippen LogP contribution in [0.5, 0.6) is 0 Å². The first kappa shape index (κ1) is 11.3. The van der Waals surface area contributed by atoms with Crippen LogP contribution in [0.2, 0.25) is 0 Å². The number of hydrogen-bond acceptors (Lipinski definition) is 5. The molecular formula is C10H23N5. The van der Waals surface area contributed by atoms with Gasteiger partial charge in [0.25, 0.3) is 0 Å². The second-order valence-electron chi connectivity index (χ2n) is 4.30. The molecule has 0 bridgehead atoms. The van der Waals surface area contributed by atoms with Crippen LogP contribution >= 0.6 is 0 Å². The maximum Gasteiger partial charge on any atom is 0.0752 e. The van der Waals surface area contributed by atoms with Crippen molar-refractivity contribution < 1.29 is 0 Å². The van der Waals surface area contributed by atoms with Crippen LogP contribution in [0.25, 0.3) is 0 Å². The molecule has 0 spiro atoms. The van der Waals surface area contributed by atoms with Crippen LogP contribution in [-0.4, -0.2) is 74.9 Å². The fourth-order valence-electron chi connectivity index (χ4n) is 2.50. The maximum atomic E-state index is 5.66. The lowest BCUT2D eigenvalue weighted by atomic mass is 10.2. The zero-order chi connectivity index (χ0) is 10.5. The molecule has 0 aliphatic carbocycles. The van der Waals surface area contributed by atoms with Crippen LogP contribution in [0.4, 0.5) is 0 Å². The van der Waals surface area contributed by atoms with Crippen LogP contribution in [0.15, 0.2) is 0 Å². The predicted octanol–water partition coefficient (Wildman–Crippen LogP) is -1.92. The average molecular weight is 213 g/mol. The molecule has 0 aromatic rings. The summed E-state index contributed by atoms with van der Waals surface area (Å²) in [5, 5.41) is 6.87. The van der Waals surface area contributed by atoms with Gasteiger partial charge in [0.2, 0.25) is 0 Å². The Morgan fingerprint density at radius 2 is 1.80 bits per heavy atom. The Hall–Kier alpha value is -0.200. The van der Waals surface area contributed by atoms with Crippen LogP contribution < -0.4 is 16.4 Å². The molecule has 1 atom stereocenters. The number of piperazine rings is 2. The highest BCUT2D eigenvalue weighted by molar-refractivity contribution is 4.83. The summed E-state index contributed by atoms with van der Waals surface area (Å²) in [7, 11) is 0. The first-order valence-corrected chi connectivity index (χ1v) is 6.01. The molecule has 4 N–H and O–H groups in total. The van der Waals surface area contributed by atoms with Crippen molar-refractivity contribution in [3.8, 4) is 0 Å². The van der Waals surface area contributed by atoms with Gasteiger partial charge in [-0.05, 0) is 0 Å². The Balaban J connectivity index is 1.90. The second-order valence-corrected chi connectivity index (χ2v) is 4.30. The molecule has 0 radical (unpaired) electrons. The number of nitrogens with one attached hydrogen (secondary N) is 2. The van der Waals surface area contributed by atoms with Crippen LogP contribution in [0.3, 0.4) is 0 Å². The third-order valence-electron chi connectivity index (χ3n) is 3.31. The van der Waals surface area contributed by atoms with Crippen molar-refractivity contribution in [2.24, 2.45) is 5.73 Å². The molecule has 0 aromatic carbocycles. The first-order chi connectivity index (χ1) is 7.42. The minimum absolute atomic E-state index is 0.560. The van der Waals surface area contributed by atoms with E-state index in [1.165, 1.54) is 0 Å². The van der Waals surface area contributed by atoms with Crippen molar-refractivity contribution in [2.45, 2.75) is 6.17 Å². The molecule has 5 nitrogen and oxygen atoms in total. The van der Waals surface area contributed by atoms with E-state index in [2.05, 4.69) is 20.4 Å². The van der Waals surface area contributed by atoms with Gasteiger partial charge in [0.1, 0.15) is 0 Å². The fraction of sp³-hybridized carbons (Fsp3) is 1.00. The number of nitrogens with zero attached hydrogens (tertiary/aromatic N) is 2. The highest BCUT2D eigenvalue weighted by Crippen LogP contribution is 2.09. The summed E-state index contributed by atoms with van der Waals surface area (Å²) >= 11 is 0. The monoisotopic (exact) mass is 213 g/mol. The average Bonchev–Trinajstić information content (AvgIpc) is 2.31. The van der Waals surface area contributed by atoms with Crippen LogP contribution in [-0.2, 0) is 0 Å². The van der Waals surface area contributed by atoms with E-state index in [9.17, 15) is 0 Å². The largest absolute Gasteiger partial charge is 0.329 e. The molecule has 88 valence electrons. The summed E-state index contributed by atoms with van der Waals surface area (Å²) in [5.74, 6) is 0. The molecule has 1 unspecified atom stereocenters. The van der Waals surface area contributed by atoms with Crippen molar-refractivity contribution in [2.75, 3.05) is 58.9 Å². The Labute approximate surface area is 92.0 Å². The standard InChI is InChI=1S/C10H23N5/c11-1-5-14-8-4-13-9-10(14)15-6-2-12-3-7-15/h10,12-13H,1-9,11H2. The lowest BCUT2D eigenvalue weighted by molar-refractivity contribution is 0.0189. The van der Waals surface area contributed by atoms with E-state index >= 15 is 0 Å². The Kier molecular flexibility index (Phi) is 4.34. The molecule has 2 fully saturated rings. The van der Waals surface area contributed by atoms with Gasteiger partial charge >= 0.3 is 0 Å². The van der Waals surface area contributed by atoms with Crippen LogP contribution in [0, 0.1) is 0 Å². The van der Waals surface area contributed by atoms with Gasteiger partial charge in [-0.2, -0.15) is 0 Å². The quantitative estimate of drug-likeness (QED) is 0.510. The minimum atomic E-state index is 0.560. The smallest absolute Gasteiger partial charge is 0.0752 e. The van der Waals surface area contributed by atoms with Crippen molar-refractivity contribution in [3.63, 3.8) is 0 Å². The normalized spacial score (nSPS) is 30.6. The Bertz CT molecular complexity index is 168. The maximum absolute atomic E-state index is 5.66. The summed E-state index contributed by atoms with van der Waals surface area (Å²) in [6.45, 7) is 9.66. The van der Waals surface area contributed by atoms with E-state index in [0.29, 0.717) is 6.17 Å². The van der Waals surface area contributed by atoms with Crippen molar-refractivity contribution >= 4 is 0 Å². The highest BCUT2D eigenvalue weighted by Gasteiger charge is 2.27. The molecule has 15 heavy (non-hydrogen) atoms. The highest BCUT2D eigenvalue weighted by atomic mass is 15.4. The van der Waals surface area contributed by atoms with Gasteiger partial charge in [-0.15, -0.1) is 0 Å². The van der Waals surface area contributed by atoms with E-state index in [0.717, 1.165) is 58.9 Å². The molecule has 5 heteroatoms. The van der Waals surface area contributed by atoms with Gasteiger partial charge in [0, 0.05) is 58.9 Å². The molecule has 2 aliphatic rings. The van der Waals surface area contributed by atoms with Gasteiger partial charge in [-0.25, -0.2) is 0 Å². The number of nitrogens with two attached hydrogens (primary N) is 1.